The molecule has 2 N–H and O–H groups in total. The first-order valence-corrected chi connectivity index (χ1v) is 11.7. The van der Waals surface area contributed by atoms with Gasteiger partial charge < -0.3 is 20.1 Å². The first-order valence-electron chi connectivity index (χ1n) is 10.9. The smallest absolute Gasteiger partial charge is 0.236 e. The van der Waals surface area contributed by atoms with Crippen LogP contribution in [0.1, 0.15) is 24.1 Å². The Bertz CT molecular complexity index is 1280. The fraction of sp³-hybridized carbons (Fsp3) is 0.231. The third-order valence-electron chi connectivity index (χ3n) is 6.36. The summed E-state index contributed by atoms with van der Waals surface area (Å²) in [5.41, 5.74) is 2.31. The van der Waals surface area contributed by atoms with Crippen LogP contribution in [0, 0.1) is 12.8 Å². The van der Waals surface area contributed by atoms with Gasteiger partial charge in [-0.25, -0.2) is 0 Å². The molecule has 2 aliphatic heterocycles. The highest BCUT2D eigenvalue weighted by Crippen LogP contribution is 2.50. The Kier molecular flexibility index (Phi) is 5.62. The van der Waals surface area contributed by atoms with Crippen LogP contribution in [0.4, 0.5) is 11.4 Å². The van der Waals surface area contributed by atoms with Gasteiger partial charge in [0, 0.05) is 22.0 Å². The number of fused-ring (bicyclic) bond motifs is 4. The van der Waals surface area contributed by atoms with E-state index in [1.807, 2.05) is 61.2 Å². The van der Waals surface area contributed by atoms with Gasteiger partial charge in [0.2, 0.25) is 5.91 Å². The zero-order chi connectivity index (χ0) is 24.0. The molecule has 0 radical (unpaired) electrons. The van der Waals surface area contributed by atoms with Crippen LogP contribution < -0.4 is 25.0 Å². The summed E-state index contributed by atoms with van der Waals surface area (Å²) in [5, 5.41) is 7.53. The number of hydrogen-bond donors (Lipinski definition) is 2. The number of benzene rings is 3. The zero-order valence-electron chi connectivity index (χ0n) is 19.0. The Morgan fingerprint density at radius 2 is 1.94 bits per heavy atom. The Labute approximate surface area is 208 Å². The van der Waals surface area contributed by atoms with Crippen LogP contribution in [0.3, 0.4) is 0 Å². The molecule has 2 heterocycles. The number of hydrogen-bond acceptors (Lipinski definition) is 4. The summed E-state index contributed by atoms with van der Waals surface area (Å²) in [5.74, 6) is 0.513. The quantitative estimate of drug-likeness (QED) is 0.471. The maximum Gasteiger partial charge on any atom is 0.236 e. The molecule has 8 heteroatoms. The van der Waals surface area contributed by atoms with Crippen molar-refractivity contribution in [3.8, 4) is 11.5 Å². The van der Waals surface area contributed by atoms with Crippen molar-refractivity contribution in [1.82, 2.24) is 5.32 Å². The third-order valence-corrected chi connectivity index (χ3v) is 6.91. The summed E-state index contributed by atoms with van der Waals surface area (Å²) in [7, 11) is 1.61. The molecule has 0 aromatic heterocycles. The van der Waals surface area contributed by atoms with Crippen LogP contribution in [0.15, 0.2) is 66.7 Å². The molecule has 6 nitrogen and oxygen atoms in total. The molecule has 1 fully saturated rings. The van der Waals surface area contributed by atoms with Gasteiger partial charge in [0.1, 0.15) is 17.4 Å². The SMILES string of the molecule is COc1ccc2c(c1)C1NC(=S)N(c3cccc(C)c3)C(C)(O2)C1C(=O)Nc1ccc(Cl)cc1. The molecule has 1 saturated heterocycles. The van der Waals surface area contributed by atoms with Gasteiger partial charge in [-0.1, -0.05) is 23.7 Å². The highest BCUT2D eigenvalue weighted by atomic mass is 35.5. The number of rotatable bonds is 4. The minimum absolute atomic E-state index is 0.198. The van der Waals surface area contributed by atoms with E-state index in [2.05, 4.69) is 10.6 Å². The van der Waals surface area contributed by atoms with Crippen LogP contribution in [-0.2, 0) is 4.79 Å². The second-order valence-electron chi connectivity index (χ2n) is 8.64. The standard InChI is InChI=1S/C26H24ClN3O3S/c1-15-5-4-6-18(13-15)30-25(34)29-23-20-14-19(32-3)11-12-21(20)33-26(30,2)22(23)24(31)28-17-9-7-16(27)8-10-17/h4-14,22-23H,1-3H3,(H,28,31)(H,29,34). The summed E-state index contributed by atoms with van der Waals surface area (Å²) in [4.78, 5) is 15.7. The minimum atomic E-state index is -1.08. The molecule has 3 aromatic rings. The number of carbonyl (C=O) groups is 1. The number of methoxy groups -OCH3 is 1. The molecule has 0 spiro atoms. The number of amides is 1. The number of nitrogens with zero attached hydrogens (tertiary/aromatic N) is 1. The third kappa shape index (κ3) is 3.75. The van der Waals surface area contributed by atoms with Crippen molar-refractivity contribution in [2.24, 2.45) is 5.92 Å². The lowest BCUT2D eigenvalue weighted by atomic mass is 9.78. The van der Waals surface area contributed by atoms with E-state index in [0.717, 1.165) is 16.8 Å². The predicted octanol–water partition coefficient (Wildman–Crippen LogP) is 5.46. The van der Waals surface area contributed by atoms with Crippen LogP contribution in [0.25, 0.3) is 0 Å². The fourth-order valence-electron chi connectivity index (χ4n) is 4.80. The number of nitrogens with one attached hydrogen (secondary N) is 2. The number of thiocarbonyl (C=S) groups is 1. The number of anilines is 2. The van der Waals surface area contributed by atoms with Gasteiger partial charge in [-0.3, -0.25) is 9.69 Å². The summed E-state index contributed by atoms with van der Waals surface area (Å²) in [6.07, 6.45) is 0. The summed E-state index contributed by atoms with van der Waals surface area (Å²) in [6, 6.07) is 20.2. The van der Waals surface area contributed by atoms with E-state index in [1.54, 1.807) is 31.4 Å². The molecule has 0 aliphatic carbocycles. The average molecular weight is 494 g/mol. The van der Waals surface area contributed by atoms with Crippen LogP contribution in [0.5, 0.6) is 11.5 Å². The van der Waals surface area contributed by atoms with Gasteiger partial charge in [0.05, 0.1) is 13.2 Å². The van der Waals surface area contributed by atoms with Crippen LogP contribution in [0.2, 0.25) is 5.02 Å². The van der Waals surface area contributed by atoms with E-state index in [1.165, 1.54) is 0 Å². The molecule has 3 atom stereocenters. The summed E-state index contributed by atoms with van der Waals surface area (Å²) >= 11 is 11.8. The zero-order valence-corrected chi connectivity index (χ0v) is 20.5. The van der Waals surface area contributed by atoms with Crippen molar-refractivity contribution in [3.05, 3.63) is 82.9 Å². The number of carbonyl (C=O) groups excluding carboxylic acids is 1. The molecule has 1 amide bonds. The van der Waals surface area contributed by atoms with Crippen molar-refractivity contribution >= 4 is 46.2 Å². The van der Waals surface area contributed by atoms with Gasteiger partial charge in [0.15, 0.2) is 10.8 Å². The van der Waals surface area contributed by atoms with Crippen molar-refractivity contribution < 1.29 is 14.3 Å². The minimum Gasteiger partial charge on any atom is -0.497 e. The Morgan fingerprint density at radius 1 is 1.18 bits per heavy atom. The van der Waals surface area contributed by atoms with E-state index in [-0.39, 0.29) is 5.91 Å². The van der Waals surface area contributed by atoms with E-state index >= 15 is 0 Å². The monoisotopic (exact) mass is 493 g/mol. The van der Waals surface area contributed by atoms with Crippen molar-refractivity contribution in [1.29, 1.82) is 0 Å². The fourth-order valence-corrected chi connectivity index (χ4v) is 5.34. The van der Waals surface area contributed by atoms with Gasteiger partial charge in [-0.05, 0) is 86.2 Å². The van der Waals surface area contributed by atoms with Crippen molar-refractivity contribution in [3.63, 3.8) is 0 Å². The lowest BCUT2D eigenvalue weighted by Crippen LogP contribution is -2.72. The number of aryl methyl sites for hydroxylation is 1. The lowest BCUT2D eigenvalue weighted by molar-refractivity contribution is -0.130. The molecule has 2 bridgehead atoms. The number of halogens is 1. The predicted molar refractivity (Wildman–Crippen MR) is 138 cm³/mol. The van der Waals surface area contributed by atoms with Crippen LogP contribution >= 0.6 is 23.8 Å². The van der Waals surface area contributed by atoms with E-state index in [4.69, 9.17) is 33.3 Å². The normalized spacial score (nSPS) is 22.8. The molecule has 0 saturated carbocycles. The average Bonchev–Trinajstić information content (AvgIpc) is 2.80. The topological polar surface area (TPSA) is 62.8 Å². The van der Waals surface area contributed by atoms with Crippen molar-refractivity contribution in [2.75, 3.05) is 17.3 Å². The summed E-state index contributed by atoms with van der Waals surface area (Å²) in [6.45, 7) is 3.93. The van der Waals surface area contributed by atoms with E-state index in [9.17, 15) is 4.79 Å². The van der Waals surface area contributed by atoms with Gasteiger partial charge in [0.25, 0.3) is 0 Å². The molecule has 174 valence electrons. The highest BCUT2D eigenvalue weighted by molar-refractivity contribution is 7.80. The molecular weight excluding hydrogens is 470 g/mol. The molecule has 34 heavy (non-hydrogen) atoms. The first kappa shape index (κ1) is 22.5. The molecule has 3 aromatic carbocycles. The Hall–Kier alpha value is -3.29. The van der Waals surface area contributed by atoms with E-state index in [0.29, 0.717) is 27.3 Å². The molecule has 5 rings (SSSR count). The lowest BCUT2D eigenvalue weighted by Gasteiger charge is -2.56. The maximum absolute atomic E-state index is 13.8. The van der Waals surface area contributed by atoms with Crippen molar-refractivity contribution in [2.45, 2.75) is 25.6 Å². The van der Waals surface area contributed by atoms with Gasteiger partial charge >= 0.3 is 0 Å². The van der Waals surface area contributed by atoms with Crippen LogP contribution in [-0.4, -0.2) is 23.9 Å². The first-order chi connectivity index (χ1) is 16.3. The molecule has 3 unspecified atom stereocenters. The second kappa shape index (κ2) is 8.49. The Morgan fingerprint density at radius 3 is 2.65 bits per heavy atom. The maximum atomic E-state index is 13.8. The van der Waals surface area contributed by atoms with Gasteiger partial charge in [-0.2, -0.15) is 0 Å². The molecule has 2 aliphatic rings. The number of ether oxygens (including phenoxy) is 2. The highest BCUT2D eigenvalue weighted by Gasteiger charge is 2.59. The second-order valence-corrected chi connectivity index (χ2v) is 9.46. The van der Waals surface area contributed by atoms with E-state index < -0.39 is 17.7 Å². The largest absolute Gasteiger partial charge is 0.497 e. The molecular formula is C26H24ClN3O3S. The van der Waals surface area contributed by atoms with Gasteiger partial charge in [-0.15, -0.1) is 0 Å². The summed E-state index contributed by atoms with van der Waals surface area (Å²) < 4.78 is 12.1. The Balaban J connectivity index is 1.63.